The summed E-state index contributed by atoms with van der Waals surface area (Å²) in [4.78, 5) is 6.42. The largest absolute Gasteiger partial charge is 0.626 e. The van der Waals surface area contributed by atoms with Crippen molar-refractivity contribution in [2.24, 2.45) is 0 Å². The zero-order chi connectivity index (χ0) is 6.24. The summed E-state index contributed by atoms with van der Waals surface area (Å²) < 4.78 is 0. The number of H-pyrrole nitrogens is 1. The molecule has 0 unspecified atom stereocenters. The molecule has 0 aliphatic heterocycles. The van der Waals surface area contributed by atoms with E-state index in [-0.39, 0.29) is 0 Å². The second-order valence-corrected chi connectivity index (χ2v) is 0.905. The molecule has 4 heteroatoms. The molecule has 0 amide bonds. The van der Waals surface area contributed by atoms with Gasteiger partial charge in [0, 0.05) is 12.4 Å². The third kappa shape index (κ3) is 4.68. The Morgan fingerprint density at radius 2 is 2.38 bits per heavy atom. The fourth-order valence-corrected chi connectivity index (χ4v) is 0.215. The van der Waals surface area contributed by atoms with Crippen LogP contribution in [-0.4, -0.2) is 16.7 Å². The van der Waals surface area contributed by atoms with Crippen molar-refractivity contribution in [3.05, 3.63) is 23.9 Å². The Hall–Kier alpha value is -1.32. The van der Waals surface area contributed by atoms with Crippen LogP contribution in [0.1, 0.15) is 0 Å². The number of aromatic amines is 1. The van der Waals surface area contributed by atoms with Crippen molar-refractivity contribution in [3.63, 3.8) is 0 Å². The molecule has 0 spiro atoms. The van der Waals surface area contributed by atoms with Gasteiger partial charge in [-0.25, -0.2) is 10.1 Å². The normalized spacial score (nSPS) is 6.50. The number of rotatable bonds is 0. The van der Waals surface area contributed by atoms with Crippen LogP contribution >= 0.6 is 0 Å². The molecule has 1 aromatic rings. The molecule has 0 atom stereocenters. The number of aromatic nitrogens is 2. The van der Waals surface area contributed by atoms with Gasteiger partial charge in [-0.3, -0.25) is 0 Å². The lowest BCUT2D eigenvalue weighted by Crippen LogP contribution is -2.56. The Morgan fingerprint density at radius 3 is 2.50 bits per heavy atom. The summed E-state index contributed by atoms with van der Waals surface area (Å²) in [6, 6.07) is 0. The molecule has 2 N–H and O–H groups in total. The molecule has 4 nitrogen and oxygen atoms in total. The molecule has 0 saturated carbocycles. The van der Waals surface area contributed by atoms with Crippen LogP contribution < -0.4 is 5.16 Å². The van der Waals surface area contributed by atoms with Gasteiger partial charge in [-0.1, -0.05) is 0 Å². The van der Waals surface area contributed by atoms with E-state index in [0.717, 1.165) is 0 Å². The van der Waals surface area contributed by atoms with Gasteiger partial charge in [-0.05, 0) is 0 Å². The topological polar surface area (TPSA) is 65.7 Å². The van der Waals surface area contributed by atoms with E-state index in [9.17, 15) is 0 Å². The van der Waals surface area contributed by atoms with Crippen molar-refractivity contribution in [2.75, 3.05) is 0 Å². The van der Waals surface area contributed by atoms with Crippen molar-refractivity contribution >= 4 is 6.72 Å². The molecule has 0 saturated heterocycles. The molecule has 0 aliphatic carbocycles. The second-order valence-electron chi connectivity index (χ2n) is 0.905. The molecule has 0 aliphatic rings. The van der Waals surface area contributed by atoms with Crippen LogP contribution in [0, 0.1) is 5.21 Å². The highest BCUT2D eigenvalue weighted by molar-refractivity contribution is 5.12. The van der Waals surface area contributed by atoms with Gasteiger partial charge in [-0.2, -0.15) is 0 Å². The van der Waals surface area contributed by atoms with Gasteiger partial charge in [-0.15, -0.1) is 0 Å². The van der Waals surface area contributed by atoms with Crippen molar-refractivity contribution in [1.82, 2.24) is 9.97 Å². The van der Waals surface area contributed by atoms with Crippen molar-refractivity contribution in [2.45, 2.75) is 0 Å². The summed E-state index contributed by atoms with van der Waals surface area (Å²) in [5, 5.41) is 9.82. The minimum Gasteiger partial charge on any atom is -0.626 e. The minimum atomic E-state index is 1.25. The van der Waals surface area contributed by atoms with E-state index >= 15 is 0 Å². The molecular formula is C4H7N3O. The first kappa shape index (κ1) is 6.68. The third-order valence-corrected chi connectivity index (χ3v) is 0.406. The average molecular weight is 113 g/mol. The maximum absolute atomic E-state index is 8.57. The summed E-state index contributed by atoms with van der Waals surface area (Å²) >= 11 is 0. The zero-order valence-corrected chi connectivity index (χ0v) is 4.29. The first-order chi connectivity index (χ1) is 3.91. The standard InChI is InChI=1S/C3H4N2.CH3NO/c1-2-5-3-4-1;1-2-3/h1-3H,(H,4,5);2H,1H2. The maximum Gasteiger partial charge on any atom is 0.136 e. The predicted molar refractivity (Wildman–Crippen MR) is 30.0 cm³/mol. The van der Waals surface area contributed by atoms with E-state index in [4.69, 9.17) is 5.21 Å². The molecule has 1 aromatic heterocycles. The molecule has 44 valence electrons. The molecule has 1 rings (SSSR count). The Bertz CT molecular complexity index is 97.6. The molecule has 8 heavy (non-hydrogen) atoms. The Labute approximate surface area is 46.9 Å². The first-order valence-corrected chi connectivity index (χ1v) is 1.98. The van der Waals surface area contributed by atoms with Gasteiger partial charge in [0.1, 0.15) is 6.72 Å². The molecule has 0 bridgehead atoms. The quantitative estimate of drug-likeness (QED) is 0.249. The number of hydrogen-bond donors (Lipinski definition) is 2. The molecule has 0 aromatic carbocycles. The summed E-state index contributed by atoms with van der Waals surface area (Å²) in [6.45, 7) is 2.68. The Kier molecular flexibility index (Phi) is 4.74. The maximum atomic E-state index is 8.57. The lowest BCUT2D eigenvalue weighted by atomic mass is 11.0. The van der Waals surface area contributed by atoms with E-state index in [1.165, 1.54) is 5.16 Å². The summed E-state index contributed by atoms with van der Waals surface area (Å²) in [6.07, 6.45) is 5.08. The smallest absolute Gasteiger partial charge is 0.136 e. The highest BCUT2D eigenvalue weighted by Gasteiger charge is 1.56. The summed E-state index contributed by atoms with van der Waals surface area (Å²) in [7, 11) is 0. The van der Waals surface area contributed by atoms with Crippen molar-refractivity contribution in [3.8, 4) is 0 Å². The Balaban J connectivity index is 0.000000145. The van der Waals surface area contributed by atoms with Crippen molar-refractivity contribution in [1.29, 1.82) is 0 Å². The number of imidazole rings is 1. The van der Waals surface area contributed by atoms with E-state index < -0.39 is 0 Å². The molecule has 1 heterocycles. The lowest BCUT2D eigenvalue weighted by molar-refractivity contribution is -0.361. The fraction of sp³-hybridized carbons (Fsp3) is 0. The van der Waals surface area contributed by atoms with Crippen LogP contribution in [0.4, 0.5) is 0 Å². The SMILES string of the molecule is C=[NH+][O-].c1c[nH]cn1. The minimum absolute atomic E-state index is 1.25. The van der Waals surface area contributed by atoms with Gasteiger partial charge in [0.15, 0.2) is 0 Å². The monoisotopic (exact) mass is 113 g/mol. The van der Waals surface area contributed by atoms with Crippen LogP contribution in [0.2, 0.25) is 0 Å². The van der Waals surface area contributed by atoms with Gasteiger partial charge in [0.2, 0.25) is 0 Å². The van der Waals surface area contributed by atoms with Gasteiger partial charge >= 0.3 is 0 Å². The van der Waals surface area contributed by atoms with E-state index in [0.29, 0.717) is 0 Å². The molecular weight excluding hydrogens is 106 g/mol. The second kappa shape index (κ2) is 5.68. The van der Waals surface area contributed by atoms with Crippen LogP contribution in [0.15, 0.2) is 18.7 Å². The molecule has 0 fully saturated rings. The van der Waals surface area contributed by atoms with Crippen molar-refractivity contribution < 1.29 is 5.16 Å². The summed E-state index contributed by atoms with van der Waals surface area (Å²) in [5.74, 6) is 0. The Morgan fingerprint density at radius 1 is 1.75 bits per heavy atom. The highest BCUT2D eigenvalue weighted by atomic mass is 16.4. The van der Waals surface area contributed by atoms with Crippen LogP contribution in [0.5, 0.6) is 0 Å². The number of hydrogen-bond acceptors (Lipinski definition) is 2. The number of nitrogens with one attached hydrogen (secondary N) is 2. The van der Waals surface area contributed by atoms with Crippen LogP contribution in [0.25, 0.3) is 0 Å². The predicted octanol–water partition coefficient (Wildman–Crippen LogP) is -1.32. The van der Waals surface area contributed by atoms with E-state index in [1.807, 2.05) is 0 Å². The zero-order valence-electron chi connectivity index (χ0n) is 4.29. The van der Waals surface area contributed by atoms with Gasteiger partial charge in [0.05, 0.1) is 6.33 Å². The lowest BCUT2D eigenvalue weighted by Gasteiger charge is -1.58. The van der Waals surface area contributed by atoms with E-state index in [1.54, 1.807) is 18.7 Å². The van der Waals surface area contributed by atoms with Gasteiger partial charge < -0.3 is 10.2 Å². The fourth-order valence-electron chi connectivity index (χ4n) is 0.215. The van der Waals surface area contributed by atoms with E-state index in [2.05, 4.69) is 16.7 Å². The highest BCUT2D eigenvalue weighted by Crippen LogP contribution is 1.62. The van der Waals surface area contributed by atoms with Crippen LogP contribution in [0.3, 0.4) is 0 Å². The molecule has 0 radical (unpaired) electrons. The van der Waals surface area contributed by atoms with Crippen LogP contribution in [-0.2, 0) is 0 Å². The first-order valence-electron chi connectivity index (χ1n) is 1.98. The summed E-state index contributed by atoms with van der Waals surface area (Å²) in [5.41, 5.74) is 0. The third-order valence-electron chi connectivity index (χ3n) is 0.406. The van der Waals surface area contributed by atoms with Gasteiger partial charge in [0.25, 0.3) is 0 Å². The number of nitrogens with zero attached hydrogens (tertiary/aromatic N) is 1. The average Bonchev–Trinajstić information content (AvgIpc) is 2.17.